The van der Waals surface area contributed by atoms with Crippen LogP contribution in [-0.4, -0.2) is 17.4 Å². The SMILES string of the molecule is O=C(CCNc1cccc2cccnc12)Nc1ccccc1Oc1ccccc1. The molecule has 3 aromatic carbocycles. The number of anilines is 2. The number of nitrogens with zero attached hydrogens (tertiary/aromatic N) is 1. The van der Waals surface area contributed by atoms with Crippen LogP contribution >= 0.6 is 0 Å². The predicted molar refractivity (Wildman–Crippen MR) is 116 cm³/mol. The Morgan fingerprint density at radius 3 is 2.48 bits per heavy atom. The Labute approximate surface area is 169 Å². The van der Waals surface area contributed by atoms with E-state index in [0.717, 1.165) is 22.3 Å². The predicted octanol–water partition coefficient (Wildman–Crippen LogP) is 5.47. The molecule has 0 fully saturated rings. The average molecular weight is 383 g/mol. The molecule has 144 valence electrons. The van der Waals surface area contributed by atoms with Crippen LogP contribution < -0.4 is 15.4 Å². The van der Waals surface area contributed by atoms with Gasteiger partial charge in [0.1, 0.15) is 5.75 Å². The highest BCUT2D eigenvalue weighted by Gasteiger charge is 2.09. The quantitative estimate of drug-likeness (QED) is 0.444. The summed E-state index contributed by atoms with van der Waals surface area (Å²) in [4.78, 5) is 16.9. The Bertz CT molecular complexity index is 1110. The summed E-state index contributed by atoms with van der Waals surface area (Å²) in [6, 6.07) is 26.8. The lowest BCUT2D eigenvalue weighted by atomic mass is 10.2. The van der Waals surface area contributed by atoms with Gasteiger partial charge in [0.2, 0.25) is 5.91 Å². The van der Waals surface area contributed by atoms with Crippen LogP contribution in [0.4, 0.5) is 11.4 Å². The van der Waals surface area contributed by atoms with E-state index in [1.807, 2.05) is 84.9 Å². The Balaban J connectivity index is 1.37. The van der Waals surface area contributed by atoms with Crippen LogP contribution in [0.1, 0.15) is 6.42 Å². The summed E-state index contributed by atoms with van der Waals surface area (Å²) < 4.78 is 5.89. The molecule has 29 heavy (non-hydrogen) atoms. The van der Waals surface area contributed by atoms with Crippen molar-refractivity contribution < 1.29 is 9.53 Å². The van der Waals surface area contributed by atoms with Gasteiger partial charge < -0.3 is 15.4 Å². The van der Waals surface area contributed by atoms with Gasteiger partial charge in [0, 0.05) is 24.5 Å². The van der Waals surface area contributed by atoms with Crippen molar-refractivity contribution in [3.8, 4) is 11.5 Å². The topological polar surface area (TPSA) is 63.2 Å². The van der Waals surface area contributed by atoms with Gasteiger partial charge in [-0.15, -0.1) is 0 Å². The number of hydrogen-bond donors (Lipinski definition) is 2. The Morgan fingerprint density at radius 1 is 0.828 bits per heavy atom. The zero-order valence-corrected chi connectivity index (χ0v) is 15.8. The van der Waals surface area contributed by atoms with Gasteiger partial charge in [-0.2, -0.15) is 0 Å². The lowest BCUT2D eigenvalue weighted by molar-refractivity contribution is -0.116. The van der Waals surface area contributed by atoms with E-state index >= 15 is 0 Å². The maximum Gasteiger partial charge on any atom is 0.226 e. The fourth-order valence-corrected chi connectivity index (χ4v) is 3.04. The van der Waals surface area contributed by atoms with Crippen LogP contribution in [0.2, 0.25) is 0 Å². The Morgan fingerprint density at radius 2 is 1.59 bits per heavy atom. The summed E-state index contributed by atoms with van der Waals surface area (Å²) in [7, 11) is 0. The van der Waals surface area contributed by atoms with Crippen LogP contribution in [0.15, 0.2) is 91.1 Å². The van der Waals surface area contributed by atoms with Gasteiger partial charge >= 0.3 is 0 Å². The van der Waals surface area contributed by atoms with E-state index in [1.165, 1.54) is 0 Å². The molecular weight excluding hydrogens is 362 g/mol. The number of carbonyl (C=O) groups excluding carboxylic acids is 1. The van der Waals surface area contributed by atoms with Crippen LogP contribution in [0.25, 0.3) is 10.9 Å². The molecule has 4 aromatic rings. The van der Waals surface area contributed by atoms with Crippen molar-refractivity contribution in [2.24, 2.45) is 0 Å². The van der Waals surface area contributed by atoms with Gasteiger partial charge in [-0.05, 0) is 36.4 Å². The summed E-state index contributed by atoms with van der Waals surface area (Å²) in [6.45, 7) is 0.503. The number of pyridine rings is 1. The lowest BCUT2D eigenvalue weighted by Crippen LogP contribution is -2.16. The molecule has 0 saturated heterocycles. The average Bonchev–Trinajstić information content (AvgIpc) is 2.76. The van der Waals surface area contributed by atoms with Gasteiger partial charge in [0.25, 0.3) is 0 Å². The highest BCUT2D eigenvalue weighted by atomic mass is 16.5. The first-order valence-corrected chi connectivity index (χ1v) is 9.49. The maximum absolute atomic E-state index is 12.4. The first-order chi connectivity index (χ1) is 14.3. The van der Waals surface area contributed by atoms with Crippen molar-refractivity contribution in [3.63, 3.8) is 0 Å². The fraction of sp³-hybridized carbons (Fsp3) is 0.0833. The van der Waals surface area contributed by atoms with E-state index in [1.54, 1.807) is 6.20 Å². The van der Waals surface area contributed by atoms with Gasteiger partial charge in [-0.3, -0.25) is 9.78 Å². The highest BCUT2D eigenvalue weighted by molar-refractivity contribution is 5.93. The minimum atomic E-state index is -0.0881. The molecule has 1 amide bonds. The number of rotatable bonds is 7. The molecular formula is C24H21N3O2. The van der Waals surface area contributed by atoms with Crippen molar-refractivity contribution in [3.05, 3.63) is 91.1 Å². The molecule has 5 heteroatoms. The third-order valence-corrected chi connectivity index (χ3v) is 4.43. The van der Waals surface area contributed by atoms with E-state index in [2.05, 4.69) is 15.6 Å². The third kappa shape index (κ3) is 4.71. The minimum absolute atomic E-state index is 0.0881. The Kier molecular flexibility index (Phi) is 5.67. The van der Waals surface area contributed by atoms with Gasteiger partial charge in [-0.1, -0.05) is 48.5 Å². The maximum atomic E-state index is 12.4. The van der Waals surface area contributed by atoms with Crippen molar-refractivity contribution in [1.29, 1.82) is 0 Å². The summed E-state index contributed by atoms with van der Waals surface area (Å²) in [6.07, 6.45) is 2.09. The molecule has 0 radical (unpaired) electrons. The number of para-hydroxylation sites is 4. The normalized spacial score (nSPS) is 10.5. The fourth-order valence-electron chi connectivity index (χ4n) is 3.04. The van der Waals surface area contributed by atoms with E-state index in [4.69, 9.17) is 4.74 Å². The molecule has 0 aliphatic carbocycles. The third-order valence-electron chi connectivity index (χ3n) is 4.43. The number of nitrogens with one attached hydrogen (secondary N) is 2. The monoisotopic (exact) mass is 383 g/mol. The smallest absolute Gasteiger partial charge is 0.226 e. The van der Waals surface area contributed by atoms with Gasteiger partial charge in [0.15, 0.2) is 5.75 Å². The molecule has 0 aliphatic heterocycles. The van der Waals surface area contributed by atoms with E-state index in [0.29, 0.717) is 24.4 Å². The van der Waals surface area contributed by atoms with Gasteiger partial charge in [0.05, 0.1) is 16.9 Å². The van der Waals surface area contributed by atoms with E-state index in [9.17, 15) is 4.79 Å². The lowest BCUT2D eigenvalue weighted by Gasteiger charge is -2.13. The second-order valence-corrected chi connectivity index (χ2v) is 6.52. The van der Waals surface area contributed by atoms with Crippen molar-refractivity contribution in [2.45, 2.75) is 6.42 Å². The zero-order chi connectivity index (χ0) is 19.9. The number of ether oxygens (including phenoxy) is 1. The first-order valence-electron chi connectivity index (χ1n) is 9.49. The summed E-state index contributed by atoms with van der Waals surface area (Å²) in [5, 5.41) is 7.30. The standard InChI is InChI=1S/C24H21N3O2/c28-23(15-17-25-21-13-6-8-18-9-7-16-26-24(18)21)27-20-12-4-5-14-22(20)29-19-10-2-1-3-11-19/h1-14,16,25H,15,17H2,(H,27,28). The van der Waals surface area contributed by atoms with Crippen LogP contribution in [0.3, 0.4) is 0 Å². The second-order valence-electron chi connectivity index (χ2n) is 6.52. The number of fused-ring (bicyclic) bond motifs is 1. The number of benzene rings is 3. The molecule has 0 spiro atoms. The number of hydrogen-bond acceptors (Lipinski definition) is 4. The summed E-state index contributed by atoms with van der Waals surface area (Å²) in [5.41, 5.74) is 2.47. The minimum Gasteiger partial charge on any atom is -0.455 e. The number of amides is 1. The molecule has 0 atom stereocenters. The van der Waals surface area contributed by atoms with Crippen molar-refractivity contribution in [1.82, 2.24) is 4.98 Å². The summed E-state index contributed by atoms with van der Waals surface area (Å²) in [5.74, 6) is 1.24. The molecule has 0 saturated carbocycles. The van der Waals surface area contributed by atoms with Crippen molar-refractivity contribution >= 4 is 28.2 Å². The summed E-state index contributed by atoms with van der Waals surface area (Å²) >= 11 is 0. The molecule has 0 bridgehead atoms. The molecule has 1 heterocycles. The van der Waals surface area contributed by atoms with Crippen LogP contribution in [0.5, 0.6) is 11.5 Å². The first kappa shape index (κ1) is 18.5. The van der Waals surface area contributed by atoms with E-state index in [-0.39, 0.29) is 5.91 Å². The molecule has 4 rings (SSSR count). The second kappa shape index (κ2) is 8.89. The zero-order valence-electron chi connectivity index (χ0n) is 15.8. The van der Waals surface area contributed by atoms with E-state index < -0.39 is 0 Å². The van der Waals surface area contributed by atoms with Crippen LogP contribution in [0, 0.1) is 0 Å². The molecule has 1 aromatic heterocycles. The van der Waals surface area contributed by atoms with Gasteiger partial charge in [-0.25, -0.2) is 0 Å². The number of carbonyl (C=O) groups is 1. The Hall–Kier alpha value is -3.86. The van der Waals surface area contributed by atoms with Crippen LogP contribution in [-0.2, 0) is 4.79 Å². The molecule has 2 N–H and O–H groups in total. The molecule has 0 aliphatic rings. The molecule has 5 nitrogen and oxygen atoms in total. The number of aromatic nitrogens is 1. The highest BCUT2D eigenvalue weighted by Crippen LogP contribution is 2.29. The largest absolute Gasteiger partial charge is 0.455 e. The molecule has 0 unspecified atom stereocenters. The van der Waals surface area contributed by atoms with Crippen molar-refractivity contribution in [2.75, 3.05) is 17.2 Å².